The van der Waals surface area contributed by atoms with E-state index in [-0.39, 0.29) is 6.17 Å². The van der Waals surface area contributed by atoms with Gasteiger partial charge in [-0.05, 0) is 30.9 Å². The molecule has 2 unspecified atom stereocenters. The molecule has 2 atom stereocenters. The lowest BCUT2D eigenvalue weighted by Gasteiger charge is -2.13. The van der Waals surface area contributed by atoms with Crippen LogP contribution in [0.25, 0.3) is 0 Å². The molecule has 1 heterocycles. The number of benzene rings is 1. The van der Waals surface area contributed by atoms with E-state index in [1.807, 2.05) is 0 Å². The maximum absolute atomic E-state index is 4.94. The Morgan fingerprint density at radius 2 is 2.12 bits per heavy atom. The van der Waals surface area contributed by atoms with Crippen LogP contribution in [0.1, 0.15) is 16.7 Å². The summed E-state index contributed by atoms with van der Waals surface area (Å²) in [6.07, 6.45) is 4.49. The minimum atomic E-state index is 0.130. The summed E-state index contributed by atoms with van der Waals surface area (Å²) in [5.41, 5.74) is 5.65. The van der Waals surface area contributed by atoms with E-state index >= 15 is 0 Å². The van der Waals surface area contributed by atoms with Gasteiger partial charge in [0.1, 0.15) is 6.17 Å². The molecule has 3 heteroatoms. The molecule has 2 aliphatic rings. The Bertz CT molecular complexity index is 493. The molecule has 3 rings (SSSR count). The first-order valence-electron chi connectivity index (χ1n) is 6.02. The van der Waals surface area contributed by atoms with Crippen molar-refractivity contribution in [1.29, 1.82) is 0 Å². The van der Waals surface area contributed by atoms with Gasteiger partial charge < -0.3 is 10.6 Å². The normalized spacial score (nSPS) is 25.8. The molecule has 1 aromatic carbocycles. The second-order valence-electron chi connectivity index (χ2n) is 4.90. The first-order valence-corrected chi connectivity index (χ1v) is 6.50. The van der Waals surface area contributed by atoms with Gasteiger partial charge in [0.05, 0.1) is 0 Å². The molecule has 1 aliphatic carbocycles. The van der Waals surface area contributed by atoms with Crippen molar-refractivity contribution in [3.63, 3.8) is 0 Å². The zero-order chi connectivity index (χ0) is 11.8. The Morgan fingerprint density at radius 1 is 1.29 bits per heavy atom. The average molecular weight is 244 g/mol. The van der Waals surface area contributed by atoms with Gasteiger partial charge in [-0.15, -0.1) is 0 Å². The maximum atomic E-state index is 4.94. The Morgan fingerprint density at radius 3 is 2.88 bits per heavy atom. The van der Waals surface area contributed by atoms with Crippen LogP contribution in [0.4, 0.5) is 0 Å². The second kappa shape index (κ2) is 4.15. The summed E-state index contributed by atoms with van der Waals surface area (Å²) in [6.45, 7) is 2.16. The van der Waals surface area contributed by atoms with Gasteiger partial charge in [0.25, 0.3) is 0 Å². The molecular weight excluding hydrogens is 228 g/mol. The molecule has 0 bridgehead atoms. The lowest BCUT2D eigenvalue weighted by atomic mass is 10.0. The second-order valence-corrected chi connectivity index (χ2v) is 5.17. The lowest BCUT2D eigenvalue weighted by Crippen LogP contribution is -2.34. The van der Waals surface area contributed by atoms with E-state index in [9.17, 15) is 0 Å². The molecule has 2 nitrogen and oxygen atoms in total. The van der Waals surface area contributed by atoms with Crippen LogP contribution in [-0.2, 0) is 12.8 Å². The minimum Gasteiger partial charge on any atom is -0.366 e. The first-order chi connectivity index (χ1) is 8.26. The van der Waals surface area contributed by atoms with Crippen molar-refractivity contribution in [2.45, 2.75) is 25.9 Å². The van der Waals surface area contributed by atoms with Gasteiger partial charge >= 0.3 is 0 Å². The third-order valence-corrected chi connectivity index (χ3v) is 3.88. The smallest absolute Gasteiger partial charge is 0.126 e. The monoisotopic (exact) mass is 244 g/mol. The highest BCUT2D eigenvalue weighted by atomic mass is 32.1. The summed E-state index contributed by atoms with van der Waals surface area (Å²) in [4.78, 5) is 0. The van der Waals surface area contributed by atoms with Crippen LogP contribution >= 0.6 is 12.2 Å². The summed E-state index contributed by atoms with van der Waals surface area (Å²) in [7, 11) is 0. The van der Waals surface area contributed by atoms with E-state index in [1.165, 1.54) is 22.4 Å². The number of nitrogens with one attached hydrogen (secondary N) is 2. The van der Waals surface area contributed by atoms with Crippen molar-refractivity contribution in [2.75, 3.05) is 0 Å². The fourth-order valence-electron chi connectivity index (χ4n) is 2.72. The summed E-state index contributed by atoms with van der Waals surface area (Å²) in [5, 5.41) is 8.39. The number of hydrogen-bond donors (Lipinski definition) is 2. The zero-order valence-electron chi connectivity index (χ0n) is 9.86. The SMILES string of the molecule is Cc1ccc2c(c1)CC(C1=CNC(C=S)N1)C2. The Hall–Kier alpha value is -1.35. The Kier molecular flexibility index (Phi) is 2.63. The van der Waals surface area contributed by atoms with E-state index in [0.29, 0.717) is 5.92 Å². The molecule has 0 saturated heterocycles. The lowest BCUT2D eigenvalue weighted by molar-refractivity contribution is 0.592. The van der Waals surface area contributed by atoms with Gasteiger partial charge in [0, 0.05) is 23.2 Å². The van der Waals surface area contributed by atoms with Crippen molar-refractivity contribution in [3.05, 3.63) is 46.8 Å². The fourth-order valence-corrected chi connectivity index (χ4v) is 2.86. The van der Waals surface area contributed by atoms with Crippen LogP contribution < -0.4 is 10.6 Å². The average Bonchev–Trinajstić information content (AvgIpc) is 2.93. The van der Waals surface area contributed by atoms with Crippen LogP contribution in [0.5, 0.6) is 0 Å². The molecule has 1 aromatic rings. The highest BCUT2D eigenvalue weighted by Crippen LogP contribution is 2.31. The number of fused-ring (bicyclic) bond motifs is 1. The highest BCUT2D eigenvalue weighted by molar-refractivity contribution is 7.79. The van der Waals surface area contributed by atoms with E-state index in [4.69, 9.17) is 12.2 Å². The van der Waals surface area contributed by atoms with Gasteiger partial charge in [-0.25, -0.2) is 0 Å². The third-order valence-electron chi connectivity index (χ3n) is 3.61. The summed E-state index contributed by atoms with van der Waals surface area (Å²) >= 11 is 4.94. The number of aryl methyl sites for hydroxylation is 1. The molecule has 0 spiro atoms. The summed E-state index contributed by atoms with van der Waals surface area (Å²) in [6, 6.07) is 6.79. The highest BCUT2D eigenvalue weighted by Gasteiger charge is 2.27. The molecule has 0 aromatic heterocycles. The molecule has 0 saturated carbocycles. The molecular formula is C14H16N2S. The van der Waals surface area contributed by atoms with Gasteiger partial charge in [0.2, 0.25) is 0 Å². The van der Waals surface area contributed by atoms with Gasteiger partial charge in [-0.2, -0.15) is 0 Å². The van der Waals surface area contributed by atoms with E-state index < -0.39 is 0 Å². The Labute approximate surface area is 107 Å². The van der Waals surface area contributed by atoms with Crippen LogP contribution in [-0.4, -0.2) is 11.5 Å². The van der Waals surface area contributed by atoms with Gasteiger partial charge in [-0.3, -0.25) is 0 Å². The minimum absolute atomic E-state index is 0.130. The van der Waals surface area contributed by atoms with Gasteiger partial charge in [0.15, 0.2) is 0 Å². The first kappa shape index (κ1) is 10.8. The molecule has 1 aliphatic heterocycles. The van der Waals surface area contributed by atoms with Crippen LogP contribution in [0.15, 0.2) is 30.1 Å². The number of hydrogen-bond acceptors (Lipinski definition) is 3. The largest absolute Gasteiger partial charge is 0.366 e. The van der Waals surface area contributed by atoms with E-state index in [0.717, 1.165) is 12.8 Å². The Balaban J connectivity index is 1.76. The molecule has 0 radical (unpaired) electrons. The summed E-state index contributed by atoms with van der Waals surface area (Å²) < 4.78 is 0. The van der Waals surface area contributed by atoms with Crippen molar-refractivity contribution >= 4 is 17.6 Å². The fraction of sp³-hybridized carbons (Fsp3) is 0.357. The third kappa shape index (κ3) is 1.95. The number of rotatable bonds is 2. The zero-order valence-corrected chi connectivity index (χ0v) is 10.7. The maximum Gasteiger partial charge on any atom is 0.126 e. The van der Waals surface area contributed by atoms with Crippen LogP contribution in [0.3, 0.4) is 0 Å². The molecule has 0 fully saturated rings. The van der Waals surface area contributed by atoms with Crippen LogP contribution in [0, 0.1) is 12.8 Å². The standard InChI is InChI=1S/C14H16N2S/c1-9-2-3-10-5-12(6-11(10)4-9)13-7-15-14(8-17)16-13/h2-4,7-8,12,14-16H,5-6H2,1H3. The topological polar surface area (TPSA) is 24.1 Å². The van der Waals surface area contributed by atoms with Crippen molar-refractivity contribution < 1.29 is 0 Å². The number of allylic oxidation sites excluding steroid dienone is 1. The van der Waals surface area contributed by atoms with Crippen molar-refractivity contribution in [3.8, 4) is 0 Å². The molecule has 0 amide bonds. The quantitative estimate of drug-likeness (QED) is 0.779. The summed E-state index contributed by atoms with van der Waals surface area (Å²) in [5.74, 6) is 0.583. The van der Waals surface area contributed by atoms with Crippen LogP contribution in [0.2, 0.25) is 0 Å². The number of thiocarbonyl (C=S) groups is 1. The van der Waals surface area contributed by atoms with E-state index in [1.54, 1.807) is 5.37 Å². The molecule has 88 valence electrons. The van der Waals surface area contributed by atoms with Gasteiger partial charge in [-0.1, -0.05) is 36.0 Å². The molecule has 17 heavy (non-hydrogen) atoms. The van der Waals surface area contributed by atoms with Crippen molar-refractivity contribution in [2.24, 2.45) is 5.92 Å². The van der Waals surface area contributed by atoms with E-state index in [2.05, 4.69) is 42.0 Å². The molecule has 2 N–H and O–H groups in total. The predicted octanol–water partition coefficient (Wildman–Crippen LogP) is 2.07. The predicted molar refractivity (Wildman–Crippen MR) is 73.9 cm³/mol. The van der Waals surface area contributed by atoms with Crippen molar-refractivity contribution in [1.82, 2.24) is 10.6 Å².